The van der Waals surface area contributed by atoms with E-state index in [1.807, 2.05) is 50.2 Å². The molecule has 3 rings (SSSR count). The fraction of sp³-hybridized carbons (Fsp3) is 0.211. The first-order valence-corrected chi connectivity index (χ1v) is 8.45. The fourth-order valence-corrected chi connectivity index (χ4v) is 2.86. The van der Waals surface area contributed by atoms with Crippen molar-refractivity contribution in [3.05, 3.63) is 76.8 Å². The van der Waals surface area contributed by atoms with Crippen molar-refractivity contribution in [2.24, 2.45) is 0 Å². The zero-order chi connectivity index (χ0) is 17.8. The Kier molecular flexibility index (Phi) is 5.14. The first kappa shape index (κ1) is 17.2. The highest BCUT2D eigenvalue weighted by Crippen LogP contribution is 2.24. The summed E-state index contributed by atoms with van der Waals surface area (Å²) in [6, 6.07) is 11.2. The van der Waals surface area contributed by atoms with Crippen molar-refractivity contribution in [2.75, 3.05) is 0 Å². The first-order valence-electron chi connectivity index (χ1n) is 8.07. The van der Waals surface area contributed by atoms with Crippen molar-refractivity contribution in [3.63, 3.8) is 0 Å². The number of amides is 1. The first-order chi connectivity index (χ1) is 12.1. The number of pyridine rings is 1. The molecule has 0 aliphatic carbocycles. The fourth-order valence-electron chi connectivity index (χ4n) is 2.68. The third kappa shape index (κ3) is 3.88. The summed E-state index contributed by atoms with van der Waals surface area (Å²) < 4.78 is 1.78. The maximum Gasteiger partial charge on any atom is 0.255 e. The van der Waals surface area contributed by atoms with Gasteiger partial charge in [-0.3, -0.25) is 9.78 Å². The molecule has 1 amide bonds. The number of carbonyl (C=O) groups excluding carboxylic acids is 1. The lowest BCUT2D eigenvalue weighted by Gasteiger charge is -2.13. The predicted octanol–water partition coefficient (Wildman–Crippen LogP) is 3.97. The number of hydrogen-bond acceptors (Lipinski definition) is 3. The highest BCUT2D eigenvalue weighted by Gasteiger charge is 2.20. The number of carbonyl (C=O) groups is 1. The van der Waals surface area contributed by atoms with Crippen LogP contribution in [0.4, 0.5) is 0 Å². The Labute approximate surface area is 151 Å². The number of halogens is 1. The van der Waals surface area contributed by atoms with Gasteiger partial charge in [0.15, 0.2) is 0 Å². The molecule has 2 heterocycles. The molecule has 0 saturated carbocycles. The lowest BCUT2D eigenvalue weighted by Crippen LogP contribution is -2.24. The molecule has 1 N–H and O–H groups in total. The summed E-state index contributed by atoms with van der Waals surface area (Å²) in [4.78, 5) is 16.6. The van der Waals surface area contributed by atoms with E-state index >= 15 is 0 Å². The summed E-state index contributed by atoms with van der Waals surface area (Å²) in [6.45, 7) is 4.52. The number of nitrogens with zero attached hydrogens (tertiary/aromatic N) is 3. The van der Waals surface area contributed by atoms with E-state index in [9.17, 15) is 4.79 Å². The van der Waals surface area contributed by atoms with Crippen molar-refractivity contribution in [3.8, 4) is 5.69 Å². The van der Waals surface area contributed by atoms with Gasteiger partial charge in [-0.25, -0.2) is 4.68 Å². The van der Waals surface area contributed by atoms with E-state index in [2.05, 4.69) is 15.4 Å². The minimum absolute atomic E-state index is 0.128. The van der Waals surface area contributed by atoms with E-state index in [1.165, 1.54) is 0 Å². The van der Waals surface area contributed by atoms with Crippen molar-refractivity contribution in [1.82, 2.24) is 20.1 Å². The molecule has 0 unspecified atom stereocenters. The predicted molar refractivity (Wildman–Crippen MR) is 98.1 cm³/mol. The lowest BCUT2D eigenvalue weighted by atomic mass is 10.0. The highest BCUT2D eigenvalue weighted by molar-refractivity contribution is 6.30. The van der Waals surface area contributed by atoms with Gasteiger partial charge in [-0.1, -0.05) is 31.5 Å². The van der Waals surface area contributed by atoms with Gasteiger partial charge in [-0.15, -0.1) is 0 Å². The monoisotopic (exact) mass is 354 g/mol. The van der Waals surface area contributed by atoms with Crippen LogP contribution in [0.5, 0.6) is 0 Å². The van der Waals surface area contributed by atoms with Crippen molar-refractivity contribution < 1.29 is 4.79 Å². The Morgan fingerprint density at radius 3 is 2.68 bits per heavy atom. The van der Waals surface area contributed by atoms with Crippen LogP contribution in [0.1, 0.15) is 41.4 Å². The van der Waals surface area contributed by atoms with E-state index in [0.29, 0.717) is 17.1 Å². The maximum absolute atomic E-state index is 12.6. The molecule has 0 spiro atoms. The summed E-state index contributed by atoms with van der Waals surface area (Å²) in [5.74, 6) is -0.0167. The molecule has 0 bridgehead atoms. The van der Waals surface area contributed by atoms with Gasteiger partial charge in [0, 0.05) is 24.0 Å². The topological polar surface area (TPSA) is 59.8 Å². The van der Waals surface area contributed by atoms with Gasteiger partial charge in [0.1, 0.15) is 0 Å². The molecule has 2 aromatic heterocycles. The molecule has 5 nitrogen and oxygen atoms in total. The van der Waals surface area contributed by atoms with Crippen LogP contribution in [-0.2, 0) is 6.54 Å². The van der Waals surface area contributed by atoms with Crippen LogP contribution in [0.25, 0.3) is 5.69 Å². The lowest BCUT2D eigenvalue weighted by molar-refractivity contribution is 0.0949. The molecule has 0 atom stereocenters. The Morgan fingerprint density at radius 2 is 2.00 bits per heavy atom. The second-order valence-corrected chi connectivity index (χ2v) is 6.46. The van der Waals surface area contributed by atoms with Gasteiger partial charge in [0.05, 0.1) is 23.1 Å². The van der Waals surface area contributed by atoms with Gasteiger partial charge in [0.2, 0.25) is 0 Å². The van der Waals surface area contributed by atoms with Gasteiger partial charge in [0.25, 0.3) is 5.91 Å². The van der Waals surface area contributed by atoms with E-state index in [0.717, 1.165) is 16.9 Å². The number of nitrogens with one attached hydrogen (secondary N) is 1. The quantitative estimate of drug-likeness (QED) is 0.754. The van der Waals surface area contributed by atoms with E-state index in [1.54, 1.807) is 23.3 Å². The molecule has 0 aliphatic rings. The minimum atomic E-state index is -0.145. The zero-order valence-electron chi connectivity index (χ0n) is 14.1. The molecule has 1 aromatic carbocycles. The summed E-state index contributed by atoms with van der Waals surface area (Å²) >= 11 is 6.09. The highest BCUT2D eigenvalue weighted by atomic mass is 35.5. The van der Waals surface area contributed by atoms with Crippen LogP contribution in [0.3, 0.4) is 0 Å². The smallest absolute Gasteiger partial charge is 0.255 e. The Morgan fingerprint density at radius 1 is 1.24 bits per heavy atom. The summed E-state index contributed by atoms with van der Waals surface area (Å²) in [5, 5.41) is 7.98. The van der Waals surface area contributed by atoms with E-state index in [4.69, 9.17) is 11.6 Å². The second kappa shape index (κ2) is 7.49. The molecule has 6 heteroatoms. The van der Waals surface area contributed by atoms with Crippen molar-refractivity contribution in [2.45, 2.75) is 26.3 Å². The number of benzene rings is 1. The van der Waals surface area contributed by atoms with Crippen LogP contribution >= 0.6 is 11.6 Å². The average Bonchev–Trinajstić information content (AvgIpc) is 3.06. The standard InChI is InChI=1S/C19H19ClN4O/c1-13(2)18-17(19(25)22-11-14-6-8-21-9-7-14)12-23-24(18)16-5-3-4-15(20)10-16/h3-10,12-13H,11H2,1-2H3,(H,22,25). The molecule has 25 heavy (non-hydrogen) atoms. The van der Waals surface area contributed by atoms with Gasteiger partial charge in [-0.2, -0.15) is 5.10 Å². The third-order valence-corrected chi connectivity index (χ3v) is 4.09. The Hall–Kier alpha value is -2.66. The molecule has 0 radical (unpaired) electrons. The Bertz CT molecular complexity index is 874. The normalized spacial score (nSPS) is 10.9. The van der Waals surface area contributed by atoms with Gasteiger partial charge >= 0.3 is 0 Å². The zero-order valence-corrected chi connectivity index (χ0v) is 14.9. The van der Waals surface area contributed by atoms with E-state index < -0.39 is 0 Å². The molecular weight excluding hydrogens is 336 g/mol. The van der Waals surface area contributed by atoms with Crippen LogP contribution in [0.15, 0.2) is 55.0 Å². The van der Waals surface area contributed by atoms with Crippen molar-refractivity contribution >= 4 is 17.5 Å². The molecule has 0 fully saturated rings. The maximum atomic E-state index is 12.6. The van der Waals surface area contributed by atoms with Crippen LogP contribution in [0, 0.1) is 0 Å². The van der Waals surface area contributed by atoms with Crippen molar-refractivity contribution in [1.29, 1.82) is 0 Å². The van der Waals surface area contributed by atoms with E-state index in [-0.39, 0.29) is 11.8 Å². The molecule has 0 aliphatic heterocycles. The average molecular weight is 355 g/mol. The number of aromatic nitrogens is 3. The molecule has 128 valence electrons. The van der Waals surface area contributed by atoms with Crippen LogP contribution in [0.2, 0.25) is 5.02 Å². The molecular formula is C19H19ClN4O. The third-order valence-electron chi connectivity index (χ3n) is 3.85. The summed E-state index contributed by atoms with van der Waals surface area (Å²) in [7, 11) is 0. The van der Waals surface area contributed by atoms with Crippen LogP contribution in [-0.4, -0.2) is 20.7 Å². The molecule has 0 saturated heterocycles. The van der Waals surface area contributed by atoms with Crippen LogP contribution < -0.4 is 5.32 Å². The molecule has 3 aromatic rings. The number of rotatable bonds is 5. The SMILES string of the molecule is CC(C)c1c(C(=O)NCc2ccncc2)cnn1-c1cccc(Cl)c1. The van der Waals surface area contributed by atoms with Gasteiger partial charge < -0.3 is 5.32 Å². The second-order valence-electron chi connectivity index (χ2n) is 6.03. The summed E-state index contributed by atoms with van der Waals surface area (Å²) in [5.41, 5.74) is 3.26. The Balaban J connectivity index is 1.87. The van der Waals surface area contributed by atoms with Gasteiger partial charge in [-0.05, 0) is 41.8 Å². The minimum Gasteiger partial charge on any atom is -0.348 e. The summed E-state index contributed by atoms with van der Waals surface area (Å²) in [6.07, 6.45) is 5.02. The largest absolute Gasteiger partial charge is 0.348 e. The number of hydrogen-bond donors (Lipinski definition) is 1.